The molecule has 0 aromatic heterocycles. The van der Waals surface area contributed by atoms with Gasteiger partial charge in [0.15, 0.2) is 10.5 Å². The van der Waals surface area contributed by atoms with Crippen LogP contribution in [-0.4, -0.2) is 48.8 Å². The summed E-state index contributed by atoms with van der Waals surface area (Å²) in [6, 6.07) is 7.97. The van der Waals surface area contributed by atoms with Crippen molar-refractivity contribution in [2.75, 3.05) is 10.4 Å². The van der Waals surface area contributed by atoms with E-state index in [0.717, 1.165) is 29.8 Å². The maximum absolute atomic E-state index is 11.2. The third-order valence-electron chi connectivity index (χ3n) is 5.03. The van der Waals surface area contributed by atoms with Crippen molar-refractivity contribution in [3.8, 4) is 0 Å². The number of hydroxylamine groups is 1. The first-order valence-corrected chi connectivity index (χ1v) is 10.6. The molecule has 1 aliphatic heterocycles. The minimum absolute atomic E-state index is 0.386. The summed E-state index contributed by atoms with van der Waals surface area (Å²) in [5.74, 6) is -1.17. The summed E-state index contributed by atoms with van der Waals surface area (Å²) in [6.07, 6.45) is 6.07. The molecule has 2 aliphatic rings. The zero-order valence-electron chi connectivity index (χ0n) is 16.0. The average molecular weight is 423 g/mol. The topological polar surface area (TPSA) is 88.4 Å². The van der Waals surface area contributed by atoms with Crippen molar-refractivity contribution in [1.29, 1.82) is 0 Å². The normalized spacial score (nSPS) is 22.6. The van der Waals surface area contributed by atoms with E-state index >= 15 is 0 Å². The molecule has 0 radical (unpaired) electrons. The van der Waals surface area contributed by atoms with Gasteiger partial charge in [-0.1, -0.05) is 55.4 Å². The average Bonchev–Trinajstić information content (AvgIpc) is 2.88. The van der Waals surface area contributed by atoms with Gasteiger partial charge in [0.25, 0.3) is 0 Å². The van der Waals surface area contributed by atoms with E-state index in [9.17, 15) is 10.0 Å². The van der Waals surface area contributed by atoms with Crippen LogP contribution < -0.4 is 10.4 Å². The van der Waals surface area contributed by atoms with Gasteiger partial charge in [0.1, 0.15) is 6.21 Å². The zero-order valence-corrected chi connectivity index (χ0v) is 17.7. The summed E-state index contributed by atoms with van der Waals surface area (Å²) in [7, 11) is 0. The van der Waals surface area contributed by atoms with Gasteiger partial charge < -0.3 is 10.4 Å². The SMILES string of the molecule is CC1(C)SC(=S)N(N=CC(=O)O)C1N(O)c1ccccc1NC1CCCCC1. The van der Waals surface area contributed by atoms with Gasteiger partial charge in [-0.15, -0.1) is 0 Å². The van der Waals surface area contributed by atoms with Gasteiger partial charge in [-0.3, -0.25) is 5.21 Å². The summed E-state index contributed by atoms with van der Waals surface area (Å²) in [5.41, 5.74) is 1.46. The highest BCUT2D eigenvalue weighted by Crippen LogP contribution is 2.44. The molecule has 1 aromatic carbocycles. The highest BCUT2D eigenvalue weighted by molar-refractivity contribution is 8.24. The molecule has 2 fully saturated rings. The predicted molar refractivity (Wildman–Crippen MR) is 117 cm³/mol. The van der Waals surface area contributed by atoms with Crippen molar-refractivity contribution in [3.63, 3.8) is 0 Å². The fourth-order valence-electron chi connectivity index (χ4n) is 3.73. The van der Waals surface area contributed by atoms with Gasteiger partial charge in [0, 0.05) is 6.04 Å². The van der Waals surface area contributed by atoms with Gasteiger partial charge in [0.05, 0.1) is 16.1 Å². The molecule has 1 aromatic rings. The van der Waals surface area contributed by atoms with Crippen molar-refractivity contribution in [2.45, 2.75) is 62.9 Å². The van der Waals surface area contributed by atoms with E-state index in [1.807, 2.05) is 38.1 Å². The first kappa shape index (κ1) is 20.9. The number of hydrogen-bond donors (Lipinski definition) is 3. The lowest BCUT2D eigenvalue weighted by Crippen LogP contribution is -2.51. The molecule has 28 heavy (non-hydrogen) atoms. The fraction of sp³-hybridized carbons (Fsp3) is 0.526. The molecule has 3 N–H and O–H groups in total. The fourth-order valence-corrected chi connectivity index (χ4v) is 5.52. The van der Waals surface area contributed by atoms with Crippen LogP contribution in [0.2, 0.25) is 0 Å². The van der Waals surface area contributed by atoms with Gasteiger partial charge in [0.2, 0.25) is 0 Å². The Labute approximate surface area is 174 Å². The number of rotatable bonds is 6. The Morgan fingerprint density at radius 1 is 1.36 bits per heavy atom. The Morgan fingerprint density at radius 2 is 2.04 bits per heavy atom. The number of para-hydroxylation sites is 2. The van der Waals surface area contributed by atoms with Gasteiger partial charge in [-0.2, -0.15) is 5.10 Å². The number of carbonyl (C=O) groups is 1. The van der Waals surface area contributed by atoms with E-state index in [1.165, 1.54) is 36.0 Å². The van der Waals surface area contributed by atoms with Crippen LogP contribution in [0, 0.1) is 0 Å². The van der Waals surface area contributed by atoms with Crippen LogP contribution in [0.15, 0.2) is 29.4 Å². The zero-order chi connectivity index (χ0) is 20.3. The lowest BCUT2D eigenvalue weighted by molar-refractivity contribution is -0.128. The van der Waals surface area contributed by atoms with E-state index < -0.39 is 16.9 Å². The second-order valence-corrected chi connectivity index (χ2v) is 9.90. The maximum Gasteiger partial charge on any atom is 0.348 e. The van der Waals surface area contributed by atoms with E-state index in [1.54, 1.807) is 0 Å². The minimum Gasteiger partial charge on any atom is -0.477 e. The molecule has 152 valence electrons. The Balaban J connectivity index is 1.89. The largest absolute Gasteiger partial charge is 0.477 e. The highest BCUT2D eigenvalue weighted by Gasteiger charge is 2.49. The molecule has 0 amide bonds. The lowest BCUT2D eigenvalue weighted by Gasteiger charge is -2.37. The van der Waals surface area contributed by atoms with Crippen LogP contribution in [0.4, 0.5) is 11.4 Å². The van der Waals surface area contributed by atoms with E-state index in [0.29, 0.717) is 16.0 Å². The van der Waals surface area contributed by atoms with Gasteiger partial charge >= 0.3 is 5.97 Å². The molecule has 1 atom stereocenters. The van der Waals surface area contributed by atoms with Crippen LogP contribution >= 0.6 is 24.0 Å². The van der Waals surface area contributed by atoms with Gasteiger partial charge in [-0.05, 0) is 38.8 Å². The third-order valence-corrected chi connectivity index (χ3v) is 6.57. The molecule has 1 saturated carbocycles. The number of thiocarbonyl (C=S) groups is 1. The number of aliphatic carboxylic acids is 1. The third kappa shape index (κ3) is 4.59. The summed E-state index contributed by atoms with van der Waals surface area (Å²) in [4.78, 5) is 10.9. The van der Waals surface area contributed by atoms with Crippen molar-refractivity contribution >= 4 is 51.9 Å². The lowest BCUT2D eigenvalue weighted by atomic mass is 9.95. The molecule has 0 spiro atoms. The number of hydrogen-bond acceptors (Lipinski definition) is 7. The van der Waals surface area contributed by atoms with Crippen LogP contribution in [0.25, 0.3) is 0 Å². The summed E-state index contributed by atoms with van der Waals surface area (Å²) < 4.78 is -0.0797. The second kappa shape index (κ2) is 8.67. The number of carboxylic acids is 1. The number of anilines is 2. The van der Waals surface area contributed by atoms with E-state index in [-0.39, 0.29) is 0 Å². The second-order valence-electron chi connectivity index (χ2n) is 7.61. The summed E-state index contributed by atoms with van der Waals surface area (Å²) >= 11 is 6.76. The van der Waals surface area contributed by atoms with Crippen molar-refractivity contribution in [3.05, 3.63) is 24.3 Å². The summed E-state index contributed by atoms with van der Waals surface area (Å²) in [6.45, 7) is 3.90. The highest BCUT2D eigenvalue weighted by atomic mass is 32.2. The molecule has 3 rings (SSSR count). The first-order chi connectivity index (χ1) is 13.3. The van der Waals surface area contributed by atoms with Crippen LogP contribution in [0.5, 0.6) is 0 Å². The quantitative estimate of drug-likeness (QED) is 0.358. The Kier molecular flexibility index (Phi) is 6.47. The molecular formula is C19H26N4O3S2. The number of thioether (sulfide) groups is 1. The van der Waals surface area contributed by atoms with Crippen molar-refractivity contribution in [2.24, 2.45) is 5.10 Å². The number of carboxylic acid groups (broad SMARTS) is 1. The number of hydrazone groups is 1. The molecule has 1 unspecified atom stereocenters. The maximum atomic E-state index is 11.2. The van der Waals surface area contributed by atoms with Crippen molar-refractivity contribution in [1.82, 2.24) is 5.01 Å². The van der Waals surface area contributed by atoms with Crippen LogP contribution in [0.1, 0.15) is 46.0 Å². The molecular weight excluding hydrogens is 396 g/mol. The molecule has 1 aliphatic carbocycles. The minimum atomic E-state index is -1.17. The molecule has 0 bridgehead atoms. The predicted octanol–water partition coefficient (Wildman–Crippen LogP) is 4.14. The standard InChI is InChI=1S/C19H26N4O3S2/c1-19(2)17(22(18(27)28-19)20-12-16(24)25)23(26)15-11-7-6-10-14(15)21-13-8-4-3-5-9-13/h6-7,10-13,17,21,26H,3-5,8-9H2,1-2H3,(H,24,25). The number of nitrogens with zero attached hydrogens (tertiary/aromatic N) is 3. The van der Waals surface area contributed by atoms with E-state index in [4.69, 9.17) is 17.3 Å². The number of benzene rings is 1. The van der Waals surface area contributed by atoms with E-state index in [2.05, 4.69) is 10.4 Å². The molecule has 7 nitrogen and oxygen atoms in total. The Morgan fingerprint density at radius 3 is 2.71 bits per heavy atom. The Hall–Kier alpha value is -1.84. The van der Waals surface area contributed by atoms with Crippen LogP contribution in [-0.2, 0) is 4.79 Å². The van der Waals surface area contributed by atoms with Gasteiger partial charge in [-0.25, -0.2) is 14.9 Å². The smallest absolute Gasteiger partial charge is 0.348 e. The number of nitrogens with one attached hydrogen (secondary N) is 1. The summed E-state index contributed by atoms with van der Waals surface area (Å²) in [5, 5.41) is 30.2. The molecule has 9 heteroatoms. The first-order valence-electron chi connectivity index (χ1n) is 9.42. The monoisotopic (exact) mass is 422 g/mol. The molecule has 1 heterocycles. The van der Waals surface area contributed by atoms with Crippen LogP contribution in [0.3, 0.4) is 0 Å². The molecule has 1 saturated heterocycles. The van der Waals surface area contributed by atoms with Crippen molar-refractivity contribution < 1.29 is 15.1 Å². The Bertz CT molecular complexity index is 765.